The van der Waals surface area contributed by atoms with Gasteiger partial charge in [0.05, 0.1) is 0 Å². The van der Waals surface area contributed by atoms with Crippen molar-refractivity contribution in [2.45, 2.75) is 31.8 Å². The number of carboxylic acids is 1. The Labute approximate surface area is 122 Å². The fourth-order valence-electron chi connectivity index (χ4n) is 1.73. The number of urea groups is 1. The SMILES string of the molecule is CCC(C)(NC(=O)C(NC(N)=O)c1ccccc1)C(=O)O. The molecule has 5 N–H and O–H groups in total. The van der Waals surface area contributed by atoms with Gasteiger partial charge in [0.2, 0.25) is 5.91 Å². The molecule has 0 bridgehead atoms. The quantitative estimate of drug-likeness (QED) is 0.618. The summed E-state index contributed by atoms with van der Waals surface area (Å²) >= 11 is 0. The summed E-state index contributed by atoms with van der Waals surface area (Å²) < 4.78 is 0. The number of hydrogen-bond donors (Lipinski definition) is 4. The first-order valence-electron chi connectivity index (χ1n) is 6.46. The number of hydrogen-bond acceptors (Lipinski definition) is 3. The fraction of sp³-hybridized carbons (Fsp3) is 0.357. The molecule has 7 nitrogen and oxygen atoms in total. The van der Waals surface area contributed by atoms with E-state index in [0.29, 0.717) is 5.56 Å². The summed E-state index contributed by atoms with van der Waals surface area (Å²) in [5, 5.41) is 13.9. The first kappa shape index (κ1) is 16.5. The van der Waals surface area contributed by atoms with E-state index in [1.165, 1.54) is 6.92 Å². The molecule has 0 spiro atoms. The van der Waals surface area contributed by atoms with Crippen molar-refractivity contribution in [1.82, 2.24) is 10.6 Å². The number of aliphatic carboxylic acids is 1. The van der Waals surface area contributed by atoms with Crippen molar-refractivity contribution in [2.75, 3.05) is 0 Å². The smallest absolute Gasteiger partial charge is 0.329 e. The number of primary amides is 1. The third-order valence-electron chi connectivity index (χ3n) is 3.26. The Balaban J connectivity index is 3.02. The Bertz CT molecular complexity index is 532. The minimum atomic E-state index is -1.41. The van der Waals surface area contributed by atoms with Gasteiger partial charge in [0.25, 0.3) is 0 Å². The number of nitrogens with one attached hydrogen (secondary N) is 2. The van der Waals surface area contributed by atoms with E-state index in [1.807, 2.05) is 0 Å². The first-order valence-corrected chi connectivity index (χ1v) is 6.46. The molecule has 2 atom stereocenters. The third-order valence-corrected chi connectivity index (χ3v) is 3.26. The number of nitrogens with two attached hydrogens (primary N) is 1. The molecule has 21 heavy (non-hydrogen) atoms. The molecule has 0 radical (unpaired) electrons. The van der Waals surface area contributed by atoms with E-state index < -0.39 is 29.5 Å². The molecule has 0 saturated heterocycles. The van der Waals surface area contributed by atoms with Crippen molar-refractivity contribution in [3.05, 3.63) is 35.9 Å². The third kappa shape index (κ3) is 4.20. The minimum Gasteiger partial charge on any atom is -0.480 e. The summed E-state index contributed by atoms with van der Waals surface area (Å²) in [5.41, 5.74) is 4.18. The van der Waals surface area contributed by atoms with E-state index in [4.69, 9.17) is 5.73 Å². The number of benzene rings is 1. The van der Waals surface area contributed by atoms with Crippen LogP contribution in [0.3, 0.4) is 0 Å². The number of rotatable bonds is 6. The molecule has 1 rings (SSSR count). The van der Waals surface area contributed by atoms with Gasteiger partial charge >= 0.3 is 12.0 Å². The van der Waals surface area contributed by atoms with Crippen LogP contribution in [0.4, 0.5) is 4.79 Å². The molecular formula is C14H19N3O4. The van der Waals surface area contributed by atoms with Gasteiger partial charge in [0.1, 0.15) is 11.6 Å². The van der Waals surface area contributed by atoms with Crippen LogP contribution in [0.25, 0.3) is 0 Å². The lowest BCUT2D eigenvalue weighted by Gasteiger charge is -2.27. The van der Waals surface area contributed by atoms with Gasteiger partial charge < -0.3 is 21.5 Å². The molecule has 2 unspecified atom stereocenters. The molecule has 0 aliphatic carbocycles. The predicted molar refractivity (Wildman–Crippen MR) is 76.4 cm³/mol. The number of carbonyl (C=O) groups excluding carboxylic acids is 2. The summed E-state index contributed by atoms with van der Waals surface area (Å²) in [7, 11) is 0. The Hall–Kier alpha value is -2.57. The van der Waals surface area contributed by atoms with Crippen molar-refractivity contribution in [2.24, 2.45) is 5.73 Å². The summed E-state index contributed by atoms with van der Waals surface area (Å²) in [6, 6.07) is 6.54. The normalized spacial score (nSPS) is 14.6. The zero-order valence-corrected chi connectivity index (χ0v) is 11.9. The topological polar surface area (TPSA) is 122 Å². The van der Waals surface area contributed by atoms with Gasteiger partial charge in [-0.2, -0.15) is 0 Å². The maximum Gasteiger partial charge on any atom is 0.329 e. The molecule has 0 aromatic heterocycles. The number of carboxylic acid groups (broad SMARTS) is 1. The largest absolute Gasteiger partial charge is 0.480 e. The van der Waals surface area contributed by atoms with Gasteiger partial charge in [-0.3, -0.25) is 4.79 Å². The second kappa shape index (κ2) is 6.74. The van der Waals surface area contributed by atoms with Crippen molar-refractivity contribution in [3.8, 4) is 0 Å². The highest BCUT2D eigenvalue weighted by atomic mass is 16.4. The Morgan fingerprint density at radius 3 is 2.29 bits per heavy atom. The van der Waals surface area contributed by atoms with E-state index in [1.54, 1.807) is 37.3 Å². The van der Waals surface area contributed by atoms with Crippen LogP contribution < -0.4 is 16.4 Å². The van der Waals surface area contributed by atoms with Crippen LogP contribution in [0.15, 0.2) is 30.3 Å². The van der Waals surface area contributed by atoms with Crippen molar-refractivity contribution in [3.63, 3.8) is 0 Å². The summed E-state index contributed by atoms with van der Waals surface area (Å²) in [4.78, 5) is 34.6. The number of carbonyl (C=O) groups is 3. The van der Waals surface area contributed by atoms with Gasteiger partial charge in [0, 0.05) is 0 Å². The molecule has 0 fully saturated rings. The average molecular weight is 293 g/mol. The highest BCUT2D eigenvalue weighted by molar-refractivity contribution is 5.92. The van der Waals surface area contributed by atoms with Crippen LogP contribution >= 0.6 is 0 Å². The molecule has 114 valence electrons. The molecular weight excluding hydrogens is 274 g/mol. The van der Waals surface area contributed by atoms with Gasteiger partial charge in [-0.25, -0.2) is 9.59 Å². The van der Waals surface area contributed by atoms with Gasteiger partial charge in [-0.05, 0) is 18.9 Å². The molecule has 7 heteroatoms. The lowest BCUT2D eigenvalue weighted by molar-refractivity contribution is -0.147. The van der Waals surface area contributed by atoms with Crippen molar-refractivity contribution < 1.29 is 19.5 Å². The van der Waals surface area contributed by atoms with Crippen LogP contribution in [-0.2, 0) is 9.59 Å². The van der Waals surface area contributed by atoms with Crippen LogP contribution in [0.5, 0.6) is 0 Å². The minimum absolute atomic E-state index is 0.201. The van der Waals surface area contributed by atoms with Crippen LogP contribution in [0.2, 0.25) is 0 Å². The lowest BCUT2D eigenvalue weighted by atomic mass is 9.97. The second-order valence-electron chi connectivity index (χ2n) is 4.83. The molecule has 0 heterocycles. The summed E-state index contributed by atoms with van der Waals surface area (Å²) in [6.45, 7) is 3.05. The van der Waals surface area contributed by atoms with Crippen LogP contribution in [-0.4, -0.2) is 28.6 Å². The Morgan fingerprint density at radius 2 is 1.86 bits per heavy atom. The lowest BCUT2D eigenvalue weighted by Crippen LogP contribution is -2.55. The standard InChI is InChI=1S/C14H19N3O4/c1-3-14(2,12(19)20)17-11(18)10(16-13(15)21)9-7-5-4-6-8-9/h4-8,10H,3H2,1-2H3,(H,17,18)(H,19,20)(H3,15,16,21). The highest BCUT2D eigenvalue weighted by Gasteiger charge is 2.35. The van der Waals surface area contributed by atoms with Crippen molar-refractivity contribution >= 4 is 17.9 Å². The van der Waals surface area contributed by atoms with E-state index in [-0.39, 0.29) is 6.42 Å². The van der Waals surface area contributed by atoms with Gasteiger partial charge in [0.15, 0.2) is 0 Å². The molecule has 0 saturated carbocycles. The molecule has 1 aromatic rings. The van der Waals surface area contributed by atoms with E-state index in [0.717, 1.165) is 0 Å². The first-order chi connectivity index (χ1) is 9.80. The Kier molecular flexibility index (Phi) is 5.29. The van der Waals surface area contributed by atoms with Crippen LogP contribution in [0.1, 0.15) is 31.9 Å². The number of amides is 3. The monoisotopic (exact) mass is 293 g/mol. The van der Waals surface area contributed by atoms with Crippen molar-refractivity contribution in [1.29, 1.82) is 0 Å². The zero-order chi connectivity index (χ0) is 16.0. The summed E-state index contributed by atoms with van der Waals surface area (Å²) in [5.74, 6) is -1.78. The fourth-order valence-corrected chi connectivity index (χ4v) is 1.73. The molecule has 1 aromatic carbocycles. The molecule has 0 aliphatic rings. The van der Waals surface area contributed by atoms with E-state index >= 15 is 0 Å². The average Bonchev–Trinajstić information content (AvgIpc) is 2.45. The summed E-state index contributed by atoms with van der Waals surface area (Å²) in [6.07, 6.45) is 0.201. The van der Waals surface area contributed by atoms with Crippen LogP contribution in [0, 0.1) is 0 Å². The highest BCUT2D eigenvalue weighted by Crippen LogP contribution is 2.16. The Morgan fingerprint density at radius 1 is 1.29 bits per heavy atom. The predicted octanol–water partition coefficient (Wildman–Crippen LogP) is 0.765. The second-order valence-corrected chi connectivity index (χ2v) is 4.83. The maximum absolute atomic E-state index is 12.3. The van der Waals surface area contributed by atoms with Gasteiger partial charge in [-0.15, -0.1) is 0 Å². The van der Waals surface area contributed by atoms with E-state index in [2.05, 4.69) is 10.6 Å². The molecule has 3 amide bonds. The van der Waals surface area contributed by atoms with E-state index in [9.17, 15) is 19.5 Å². The van der Waals surface area contributed by atoms with Gasteiger partial charge in [-0.1, -0.05) is 37.3 Å². The molecule has 0 aliphatic heterocycles. The zero-order valence-electron chi connectivity index (χ0n) is 11.9. The maximum atomic E-state index is 12.3.